The van der Waals surface area contributed by atoms with E-state index in [2.05, 4.69) is 17.0 Å². The molecule has 0 bridgehead atoms. The molecule has 0 aliphatic heterocycles. The monoisotopic (exact) mass is 367 g/mol. The number of nitrogens with zero attached hydrogens (tertiary/aromatic N) is 3. The lowest BCUT2D eigenvalue weighted by Gasteiger charge is -2.13. The third-order valence-corrected chi connectivity index (χ3v) is 4.70. The third kappa shape index (κ3) is 6.05. The van der Waals surface area contributed by atoms with E-state index in [1.54, 1.807) is 10.9 Å². The van der Waals surface area contributed by atoms with Crippen LogP contribution in [-0.2, 0) is 4.79 Å². The van der Waals surface area contributed by atoms with E-state index in [0.29, 0.717) is 17.8 Å². The fraction of sp³-hybridized carbons (Fsp3) is 0.500. The van der Waals surface area contributed by atoms with Gasteiger partial charge in [-0.3, -0.25) is 4.79 Å². The second kappa shape index (κ2) is 10.0. The number of ether oxygens (including phenoxy) is 1. The molecule has 1 heterocycles. The predicted octanol–water partition coefficient (Wildman–Crippen LogP) is 4.45. The van der Waals surface area contributed by atoms with Gasteiger partial charge in [0.05, 0.1) is 23.8 Å². The van der Waals surface area contributed by atoms with Crippen LogP contribution < -0.4 is 10.1 Å². The van der Waals surface area contributed by atoms with Gasteiger partial charge in [-0.2, -0.15) is 5.10 Å². The van der Waals surface area contributed by atoms with E-state index in [1.807, 2.05) is 36.4 Å². The molecule has 1 aromatic heterocycles. The van der Waals surface area contributed by atoms with Crippen molar-refractivity contribution >= 4 is 5.91 Å². The van der Waals surface area contributed by atoms with Crippen molar-refractivity contribution < 1.29 is 9.53 Å². The third-order valence-electron chi connectivity index (χ3n) is 4.70. The molecule has 1 aliphatic carbocycles. The van der Waals surface area contributed by atoms with Crippen molar-refractivity contribution in [3.8, 4) is 11.6 Å². The summed E-state index contributed by atoms with van der Waals surface area (Å²) in [4.78, 5) is 16.2. The first-order valence-electron chi connectivity index (χ1n) is 10.1. The summed E-state index contributed by atoms with van der Waals surface area (Å²) in [6, 6.07) is 11.7. The Labute approximate surface area is 161 Å². The summed E-state index contributed by atoms with van der Waals surface area (Å²) in [7, 11) is 0. The van der Waals surface area contributed by atoms with Gasteiger partial charge in [-0.1, -0.05) is 57.2 Å². The summed E-state index contributed by atoms with van der Waals surface area (Å²) in [5.41, 5.74) is 0.926. The van der Waals surface area contributed by atoms with Gasteiger partial charge >= 0.3 is 0 Å². The van der Waals surface area contributed by atoms with Crippen LogP contribution in [0.4, 0.5) is 0 Å². The minimum atomic E-state index is -0.0452. The van der Waals surface area contributed by atoms with Crippen LogP contribution in [-0.4, -0.2) is 22.3 Å². The van der Waals surface area contributed by atoms with E-state index >= 15 is 0 Å². The van der Waals surface area contributed by atoms with Crippen LogP contribution in [0.25, 0.3) is 5.69 Å². The van der Waals surface area contributed by atoms with Gasteiger partial charge in [0, 0.05) is 12.0 Å². The van der Waals surface area contributed by atoms with Crippen molar-refractivity contribution in [2.45, 2.75) is 58.3 Å². The van der Waals surface area contributed by atoms with Crippen molar-refractivity contribution in [3.63, 3.8) is 0 Å². The smallest absolute Gasteiger partial charge is 0.249 e. The van der Waals surface area contributed by atoms with E-state index in [0.717, 1.165) is 24.9 Å². The Bertz CT molecular complexity index is 795. The molecule has 1 saturated carbocycles. The first kappa shape index (κ1) is 19.3. The molecular formula is C22H29N3O2. The second-order valence-corrected chi connectivity index (χ2v) is 7.14. The standard InChI is InChI=1S/C22H29N3O2/c1-2-3-4-5-6-10-15-27-21-16-19(24-22(26)18-13-14-18)17-23-25(21)20-11-8-7-9-12-20/h7-9,11-12,16-18H,2-6,10,13-15H2,1H3. The molecule has 0 atom stereocenters. The number of para-hydroxylation sites is 1. The molecule has 0 N–H and O–H groups in total. The minimum Gasteiger partial charge on any atom is -0.478 e. The highest BCUT2D eigenvalue weighted by atomic mass is 16.5. The van der Waals surface area contributed by atoms with Gasteiger partial charge < -0.3 is 4.74 Å². The Kier molecular flexibility index (Phi) is 7.19. The van der Waals surface area contributed by atoms with E-state index < -0.39 is 0 Å². The average Bonchev–Trinajstić information content (AvgIpc) is 3.54. The Morgan fingerprint density at radius 3 is 2.63 bits per heavy atom. The van der Waals surface area contributed by atoms with Crippen LogP contribution >= 0.6 is 0 Å². The number of unbranched alkanes of at least 4 members (excludes halogenated alkanes) is 5. The number of hydrogen-bond donors (Lipinski definition) is 0. The number of carbonyl (C=O) groups excluding carboxylic acids is 1. The summed E-state index contributed by atoms with van der Waals surface area (Å²) >= 11 is 0. The van der Waals surface area contributed by atoms with Crippen molar-refractivity contribution in [2.24, 2.45) is 10.9 Å². The van der Waals surface area contributed by atoms with Gasteiger partial charge in [-0.05, 0) is 31.4 Å². The largest absolute Gasteiger partial charge is 0.478 e. The Morgan fingerprint density at radius 2 is 1.89 bits per heavy atom. The molecule has 3 rings (SSSR count). The fourth-order valence-corrected chi connectivity index (χ4v) is 2.93. The number of rotatable bonds is 10. The van der Waals surface area contributed by atoms with Crippen molar-refractivity contribution in [2.75, 3.05) is 6.61 Å². The first-order valence-corrected chi connectivity index (χ1v) is 10.1. The quantitative estimate of drug-likeness (QED) is 0.583. The molecule has 1 aromatic carbocycles. The minimum absolute atomic E-state index is 0.0452. The zero-order chi connectivity index (χ0) is 18.9. The summed E-state index contributed by atoms with van der Waals surface area (Å²) in [6.07, 6.45) is 10.8. The van der Waals surface area contributed by atoms with Crippen molar-refractivity contribution in [3.05, 3.63) is 48.0 Å². The van der Waals surface area contributed by atoms with Crippen LogP contribution in [0.2, 0.25) is 0 Å². The molecule has 1 amide bonds. The molecule has 0 saturated heterocycles. The molecule has 0 spiro atoms. The molecule has 5 nitrogen and oxygen atoms in total. The van der Waals surface area contributed by atoms with Gasteiger partial charge in [-0.25, -0.2) is 9.67 Å². The van der Waals surface area contributed by atoms with Crippen LogP contribution in [0.3, 0.4) is 0 Å². The number of amides is 1. The molecule has 144 valence electrons. The van der Waals surface area contributed by atoms with E-state index in [-0.39, 0.29) is 11.8 Å². The van der Waals surface area contributed by atoms with Gasteiger partial charge in [0.1, 0.15) is 0 Å². The summed E-state index contributed by atoms with van der Waals surface area (Å²) in [5.74, 6) is 0.690. The van der Waals surface area contributed by atoms with Gasteiger partial charge in [0.2, 0.25) is 11.8 Å². The van der Waals surface area contributed by atoms with Crippen LogP contribution in [0.1, 0.15) is 58.3 Å². The maximum absolute atomic E-state index is 12.0. The van der Waals surface area contributed by atoms with Crippen LogP contribution in [0, 0.1) is 5.92 Å². The Morgan fingerprint density at radius 1 is 1.15 bits per heavy atom. The maximum atomic E-state index is 12.0. The SMILES string of the molecule is CCCCCCCCOc1cc(=NC(=O)C2CC2)cnn1-c1ccccc1. The summed E-state index contributed by atoms with van der Waals surface area (Å²) in [5, 5.41) is 5.03. The first-order chi connectivity index (χ1) is 13.3. The normalized spacial score (nSPS) is 14.3. The van der Waals surface area contributed by atoms with Gasteiger partial charge in [0.25, 0.3) is 0 Å². The van der Waals surface area contributed by atoms with Crippen molar-refractivity contribution in [1.82, 2.24) is 9.78 Å². The highest BCUT2D eigenvalue weighted by Crippen LogP contribution is 2.29. The molecule has 5 heteroatoms. The fourth-order valence-electron chi connectivity index (χ4n) is 2.93. The zero-order valence-corrected chi connectivity index (χ0v) is 16.1. The molecule has 1 fully saturated rings. The lowest BCUT2D eigenvalue weighted by Crippen LogP contribution is -2.16. The van der Waals surface area contributed by atoms with Crippen molar-refractivity contribution in [1.29, 1.82) is 0 Å². The number of hydrogen-bond acceptors (Lipinski definition) is 3. The number of aromatic nitrogens is 2. The highest BCUT2D eigenvalue weighted by molar-refractivity contribution is 5.81. The lowest BCUT2D eigenvalue weighted by atomic mass is 10.1. The topological polar surface area (TPSA) is 56.5 Å². The Hall–Kier alpha value is -2.43. The summed E-state index contributed by atoms with van der Waals surface area (Å²) in [6.45, 7) is 2.87. The van der Waals surface area contributed by atoms with E-state index in [1.165, 1.54) is 32.1 Å². The zero-order valence-electron chi connectivity index (χ0n) is 16.1. The molecule has 27 heavy (non-hydrogen) atoms. The molecule has 0 unspecified atom stereocenters. The Balaban J connectivity index is 1.70. The van der Waals surface area contributed by atoms with Gasteiger partial charge in [0.15, 0.2) is 0 Å². The van der Waals surface area contributed by atoms with Crippen LogP contribution in [0.5, 0.6) is 5.88 Å². The van der Waals surface area contributed by atoms with Crippen LogP contribution in [0.15, 0.2) is 47.6 Å². The molecular weight excluding hydrogens is 338 g/mol. The molecule has 2 aromatic rings. The predicted molar refractivity (Wildman–Crippen MR) is 106 cm³/mol. The number of carbonyl (C=O) groups is 1. The van der Waals surface area contributed by atoms with Gasteiger partial charge in [-0.15, -0.1) is 0 Å². The average molecular weight is 367 g/mol. The lowest BCUT2D eigenvalue weighted by molar-refractivity contribution is -0.119. The second-order valence-electron chi connectivity index (χ2n) is 7.14. The summed E-state index contributed by atoms with van der Waals surface area (Å²) < 4.78 is 7.79. The highest BCUT2D eigenvalue weighted by Gasteiger charge is 2.29. The molecule has 1 aliphatic rings. The van der Waals surface area contributed by atoms with E-state index in [4.69, 9.17) is 4.74 Å². The molecule has 0 radical (unpaired) electrons. The maximum Gasteiger partial charge on any atom is 0.249 e. The van der Waals surface area contributed by atoms with E-state index in [9.17, 15) is 4.79 Å². The number of benzene rings is 1.